The number of hydrogen-bond donors (Lipinski definition) is 0. The lowest BCUT2D eigenvalue weighted by atomic mass is 10.1. The highest BCUT2D eigenvalue weighted by Gasteiger charge is 2.32. The quantitative estimate of drug-likeness (QED) is 0.723. The maximum Gasteiger partial charge on any atom is 0.228 e. The van der Waals surface area contributed by atoms with Crippen LogP contribution < -0.4 is 4.90 Å². The Balaban J connectivity index is 2.39. The topological polar surface area (TPSA) is 44.1 Å². The standard InChI is InChI=1S/C12H11FN2O/c1-8-3-2-4-10(13)12(8)15-7-9(6-14)5-11(15)16/h2-4,9H,5,7H2,1H3. The molecule has 1 atom stereocenters. The third-order valence-electron chi connectivity index (χ3n) is 2.77. The molecular formula is C12H11FN2O. The molecule has 0 spiro atoms. The maximum absolute atomic E-state index is 13.6. The SMILES string of the molecule is Cc1cccc(F)c1N1CC(C#N)CC1=O. The molecule has 0 aromatic heterocycles. The maximum atomic E-state index is 13.6. The Labute approximate surface area is 93.1 Å². The summed E-state index contributed by atoms with van der Waals surface area (Å²) in [6.07, 6.45) is 0.185. The molecule has 1 saturated heterocycles. The van der Waals surface area contributed by atoms with E-state index in [1.807, 2.05) is 6.07 Å². The highest BCUT2D eigenvalue weighted by atomic mass is 19.1. The van der Waals surface area contributed by atoms with Gasteiger partial charge < -0.3 is 4.90 Å². The number of para-hydroxylation sites is 1. The fourth-order valence-electron chi connectivity index (χ4n) is 1.98. The molecule has 0 bridgehead atoms. The van der Waals surface area contributed by atoms with Crippen molar-refractivity contribution in [1.29, 1.82) is 5.26 Å². The Kier molecular flexibility index (Phi) is 2.61. The molecule has 1 heterocycles. The first kappa shape index (κ1) is 10.6. The lowest BCUT2D eigenvalue weighted by Crippen LogP contribution is -2.26. The monoisotopic (exact) mass is 218 g/mol. The summed E-state index contributed by atoms with van der Waals surface area (Å²) < 4.78 is 13.6. The molecule has 2 rings (SSSR count). The van der Waals surface area contributed by atoms with Gasteiger partial charge in [0.05, 0.1) is 17.7 Å². The Bertz CT molecular complexity index is 458. The fraction of sp³-hybridized carbons (Fsp3) is 0.333. The zero-order valence-electron chi connectivity index (χ0n) is 8.90. The van der Waals surface area contributed by atoms with E-state index < -0.39 is 5.82 Å². The van der Waals surface area contributed by atoms with Crippen LogP contribution in [-0.2, 0) is 4.79 Å². The van der Waals surface area contributed by atoms with E-state index in [1.165, 1.54) is 11.0 Å². The first-order valence-corrected chi connectivity index (χ1v) is 5.08. The zero-order chi connectivity index (χ0) is 11.7. The van der Waals surface area contributed by atoms with Crippen molar-refractivity contribution in [1.82, 2.24) is 0 Å². The summed E-state index contributed by atoms with van der Waals surface area (Å²) in [6, 6.07) is 6.74. The molecule has 0 N–H and O–H groups in total. The van der Waals surface area contributed by atoms with Gasteiger partial charge in [0, 0.05) is 13.0 Å². The molecular weight excluding hydrogens is 207 g/mol. The van der Waals surface area contributed by atoms with Crippen LogP contribution in [0.2, 0.25) is 0 Å². The molecule has 1 aromatic carbocycles. The van der Waals surface area contributed by atoms with Crippen molar-refractivity contribution < 1.29 is 9.18 Å². The summed E-state index contributed by atoms with van der Waals surface area (Å²) in [6.45, 7) is 2.04. The van der Waals surface area contributed by atoms with Gasteiger partial charge in [-0.05, 0) is 18.6 Å². The lowest BCUT2D eigenvalue weighted by molar-refractivity contribution is -0.117. The summed E-state index contributed by atoms with van der Waals surface area (Å²) in [5.74, 6) is -0.918. The number of benzene rings is 1. The predicted octanol–water partition coefficient (Wildman–Crippen LogP) is 2.01. The number of aryl methyl sites for hydroxylation is 1. The lowest BCUT2D eigenvalue weighted by Gasteiger charge is -2.18. The number of carbonyl (C=O) groups is 1. The number of anilines is 1. The summed E-state index contributed by atoms with van der Waals surface area (Å²) in [5, 5.41) is 8.76. The molecule has 1 unspecified atom stereocenters. The summed E-state index contributed by atoms with van der Waals surface area (Å²) in [5.41, 5.74) is 1.03. The van der Waals surface area contributed by atoms with E-state index in [4.69, 9.17) is 5.26 Å². The van der Waals surface area contributed by atoms with Gasteiger partial charge in [-0.2, -0.15) is 5.26 Å². The van der Waals surface area contributed by atoms with E-state index in [0.717, 1.165) is 0 Å². The Morgan fingerprint density at radius 1 is 1.56 bits per heavy atom. The van der Waals surface area contributed by atoms with E-state index in [1.54, 1.807) is 19.1 Å². The fourth-order valence-corrected chi connectivity index (χ4v) is 1.98. The van der Waals surface area contributed by atoms with Gasteiger partial charge >= 0.3 is 0 Å². The third-order valence-corrected chi connectivity index (χ3v) is 2.77. The molecule has 1 amide bonds. The first-order valence-electron chi connectivity index (χ1n) is 5.08. The second kappa shape index (κ2) is 3.93. The average Bonchev–Trinajstić information content (AvgIpc) is 2.60. The van der Waals surface area contributed by atoms with E-state index in [-0.39, 0.29) is 24.8 Å². The average molecular weight is 218 g/mol. The van der Waals surface area contributed by atoms with Gasteiger partial charge in [-0.1, -0.05) is 12.1 Å². The van der Waals surface area contributed by atoms with Crippen LogP contribution in [0.25, 0.3) is 0 Å². The molecule has 1 aliphatic heterocycles. The zero-order valence-corrected chi connectivity index (χ0v) is 8.90. The van der Waals surface area contributed by atoms with Crippen LogP contribution in [0.1, 0.15) is 12.0 Å². The highest BCUT2D eigenvalue weighted by molar-refractivity contribution is 5.96. The van der Waals surface area contributed by atoms with Gasteiger partial charge in [-0.15, -0.1) is 0 Å². The van der Waals surface area contributed by atoms with Gasteiger partial charge in [0.1, 0.15) is 5.82 Å². The van der Waals surface area contributed by atoms with Gasteiger partial charge in [-0.25, -0.2) is 4.39 Å². The molecule has 0 radical (unpaired) electrons. The molecule has 1 aliphatic rings. The van der Waals surface area contributed by atoms with Crippen LogP contribution in [-0.4, -0.2) is 12.5 Å². The number of hydrogen-bond acceptors (Lipinski definition) is 2. The highest BCUT2D eigenvalue weighted by Crippen LogP contribution is 2.29. The second-order valence-corrected chi connectivity index (χ2v) is 3.94. The van der Waals surface area contributed by atoms with Crippen LogP contribution in [0.4, 0.5) is 10.1 Å². The summed E-state index contributed by atoms with van der Waals surface area (Å²) in [7, 11) is 0. The number of nitrogens with zero attached hydrogens (tertiary/aromatic N) is 2. The van der Waals surface area contributed by atoms with Crippen LogP contribution in [0.3, 0.4) is 0 Å². The number of amides is 1. The van der Waals surface area contributed by atoms with Crippen LogP contribution in [0, 0.1) is 30.0 Å². The number of halogens is 1. The number of nitriles is 1. The summed E-state index contributed by atoms with van der Waals surface area (Å²) >= 11 is 0. The smallest absolute Gasteiger partial charge is 0.228 e. The molecule has 82 valence electrons. The molecule has 0 aliphatic carbocycles. The minimum absolute atomic E-state index is 0.181. The molecule has 16 heavy (non-hydrogen) atoms. The predicted molar refractivity (Wildman–Crippen MR) is 57.2 cm³/mol. The normalized spacial score (nSPS) is 19.9. The van der Waals surface area contributed by atoms with Gasteiger partial charge in [-0.3, -0.25) is 4.79 Å². The minimum Gasteiger partial charge on any atom is -0.308 e. The minimum atomic E-state index is -0.410. The van der Waals surface area contributed by atoms with Crippen molar-refractivity contribution in [2.75, 3.05) is 11.4 Å². The second-order valence-electron chi connectivity index (χ2n) is 3.94. The van der Waals surface area contributed by atoms with Crippen LogP contribution >= 0.6 is 0 Å². The van der Waals surface area contributed by atoms with Crippen molar-refractivity contribution in [3.8, 4) is 6.07 Å². The van der Waals surface area contributed by atoms with Gasteiger partial charge in [0.2, 0.25) is 5.91 Å². The number of rotatable bonds is 1. The van der Waals surface area contributed by atoms with Gasteiger partial charge in [0.25, 0.3) is 0 Å². The molecule has 1 fully saturated rings. The van der Waals surface area contributed by atoms with Crippen molar-refractivity contribution in [2.45, 2.75) is 13.3 Å². The van der Waals surface area contributed by atoms with E-state index in [0.29, 0.717) is 11.3 Å². The van der Waals surface area contributed by atoms with Gasteiger partial charge in [0.15, 0.2) is 0 Å². The summed E-state index contributed by atoms with van der Waals surface area (Å²) in [4.78, 5) is 13.0. The molecule has 1 aromatic rings. The Morgan fingerprint density at radius 2 is 2.31 bits per heavy atom. The Morgan fingerprint density at radius 3 is 2.88 bits per heavy atom. The number of carbonyl (C=O) groups excluding carboxylic acids is 1. The third kappa shape index (κ3) is 1.65. The van der Waals surface area contributed by atoms with Crippen molar-refractivity contribution in [3.05, 3.63) is 29.6 Å². The van der Waals surface area contributed by atoms with E-state index in [9.17, 15) is 9.18 Å². The molecule has 0 saturated carbocycles. The largest absolute Gasteiger partial charge is 0.308 e. The van der Waals surface area contributed by atoms with Crippen molar-refractivity contribution >= 4 is 11.6 Å². The molecule has 4 heteroatoms. The molecule has 3 nitrogen and oxygen atoms in total. The van der Waals surface area contributed by atoms with Crippen LogP contribution in [0.5, 0.6) is 0 Å². The van der Waals surface area contributed by atoms with Crippen molar-refractivity contribution in [2.24, 2.45) is 5.92 Å². The van der Waals surface area contributed by atoms with Crippen LogP contribution in [0.15, 0.2) is 18.2 Å². The first-order chi connectivity index (χ1) is 7.63. The van der Waals surface area contributed by atoms with E-state index in [2.05, 4.69) is 0 Å². The Hall–Kier alpha value is -1.89. The van der Waals surface area contributed by atoms with Crippen molar-refractivity contribution in [3.63, 3.8) is 0 Å². The van der Waals surface area contributed by atoms with E-state index >= 15 is 0 Å².